The van der Waals surface area contributed by atoms with Crippen LogP contribution in [0.4, 0.5) is 4.39 Å². The van der Waals surface area contributed by atoms with E-state index in [0.717, 1.165) is 37.9 Å². The van der Waals surface area contributed by atoms with E-state index < -0.39 is 0 Å². The maximum Gasteiger partial charge on any atom is 0.228 e. The summed E-state index contributed by atoms with van der Waals surface area (Å²) in [5.74, 6) is -0.199. The molecule has 2 amide bonds. The molecule has 3 rings (SSSR count). The van der Waals surface area contributed by atoms with Crippen LogP contribution < -0.4 is 5.32 Å². The van der Waals surface area contributed by atoms with Crippen LogP contribution in [0, 0.1) is 11.7 Å². The van der Waals surface area contributed by atoms with Gasteiger partial charge in [-0.3, -0.25) is 9.59 Å². The van der Waals surface area contributed by atoms with E-state index in [1.54, 1.807) is 6.07 Å². The van der Waals surface area contributed by atoms with Crippen molar-refractivity contribution < 1.29 is 14.0 Å². The smallest absolute Gasteiger partial charge is 0.228 e. The largest absolute Gasteiger partial charge is 0.342 e. The zero-order chi connectivity index (χ0) is 18.5. The van der Waals surface area contributed by atoms with Gasteiger partial charge in [0.2, 0.25) is 11.8 Å². The van der Waals surface area contributed by atoms with E-state index in [-0.39, 0.29) is 42.0 Å². The summed E-state index contributed by atoms with van der Waals surface area (Å²) >= 11 is 0. The Bertz CT molecular complexity index is 658. The van der Waals surface area contributed by atoms with Gasteiger partial charge in [-0.25, -0.2) is 4.39 Å². The van der Waals surface area contributed by atoms with Crippen LogP contribution in [0.3, 0.4) is 0 Å². The Kier molecular flexibility index (Phi) is 8.05. The molecule has 1 aromatic rings. The van der Waals surface area contributed by atoms with Crippen molar-refractivity contribution >= 4 is 24.2 Å². The van der Waals surface area contributed by atoms with Crippen molar-refractivity contribution in [3.8, 4) is 0 Å². The zero-order valence-corrected chi connectivity index (χ0v) is 16.6. The number of nitrogens with one attached hydrogen (secondary N) is 1. The Labute approximate surface area is 166 Å². The molecule has 2 unspecified atom stereocenters. The third-order valence-corrected chi connectivity index (χ3v) is 5.35. The fraction of sp³-hybridized carbons (Fsp3) is 0.600. The number of rotatable bonds is 4. The van der Waals surface area contributed by atoms with E-state index in [0.29, 0.717) is 26.1 Å². The standard InChI is InChI=1S/C20H28FN3O2.ClH/c1-2-5-19(25)23-10-4-7-16(14-23)20(26)24-11-9-22-13-18(24)15-6-3-8-17(21)12-15;/h3,6,8,12,16,18,22H,2,4-5,7,9-11,13-14H2,1H3;1H. The van der Waals surface area contributed by atoms with Gasteiger partial charge in [-0.05, 0) is 37.0 Å². The summed E-state index contributed by atoms with van der Waals surface area (Å²) in [6, 6.07) is 6.33. The molecule has 2 fully saturated rings. The topological polar surface area (TPSA) is 52.7 Å². The van der Waals surface area contributed by atoms with E-state index in [1.807, 2.05) is 22.8 Å². The molecule has 2 aliphatic rings. The second-order valence-electron chi connectivity index (χ2n) is 7.24. The number of halogens is 2. The first kappa shape index (κ1) is 21.6. The van der Waals surface area contributed by atoms with Crippen molar-refractivity contribution in [1.82, 2.24) is 15.1 Å². The highest BCUT2D eigenvalue weighted by atomic mass is 35.5. The van der Waals surface area contributed by atoms with Gasteiger partial charge >= 0.3 is 0 Å². The quantitative estimate of drug-likeness (QED) is 0.849. The Morgan fingerprint density at radius 2 is 2.11 bits per heavy atom. The lowest BCUT2D eigenvalue weighted by Gasteiger charge is -2.41. The number of piperazine rings is 1. The van der Waals surface area contributed by atoms with Gasteiger partial charge in [0.25, 0.3) is 0 Å². The van der Waals surface area contributed by atoms with Crippen LogP contribution in [0.15, 0.2) is 24.3 Å². The fourth-order valence-corrected chi connectivity index (χ4v) is 3.99. The van der Waals surface area contributed by atoms with Crippen molar-refractivity contribution in [3.05, 3.63) is 35.6 Å². The molecule has 0 aliphatic carbocycles. The van der Waals surface area contributed by atoms with Crippen LogP contribution in [0.2, 0.25) is 0 Å². The van der Waals surface area contributed by atoms with E-state index in [9.17, 15) is 14.0 Å². The van der Waals surface area contributed by atoms with Gasteiger partial charge in [-0.2, -0.15) is 0 Å². The molecule has 0 saturated carbocycles. The van der Waals surface area contributed by atoms with E-state index >= 15 is 0 Å². The summed E-state index contributed by atoms with van der Waals surface area (Å²) in [6.45, 7) is 5.23. The number of hydrogen-bond donors (Lipinski definition) is 1. The Morgan fingerprint density at radius 1 is 1.30 bits per heavy atom. The van der Waals surface area contributed by atoms with E-state index in [1.165, 1.54) is 12.1 Å². The monoisotopic (exact) mass is 397 g/mol. The third-order valence-electron chi connectivity index (χ3n) is 5.35. The van der Waals surface area contributed by atoms with Gasteiger partial charge in [-0.1, -0.05) is 19.1 Å². The van der Waals surface area contributed by atoms with Crippen LogP contribution in [0.1, 0.15) is 44.2 Å². The predicted octanol–water partition coefficient (Wildman–Crippen LogP) is 2.76. The molecule has 0 spiro atoms. The number of amides is 2. The summed E-state index contributed by atoms with van der Waals surface area (Å²) in [5.41, 5.74) is 0.820. The van der Waals surface area contributed by atoms with Gasteiger partial charge in [0.1, 0.15) is 5.82 Å². The molecule has 2 heterocycles. The highest BCUT2D eigenvalue weighted by molar-refractivity contribution is 5.85. The molecule has 0 radical (unpaired) electrons. The van der Waals surface area contributed by atoms with Crippen LogP contribution >= 0.6 is 12.4 Å². The van der Waals surface area contributed by atoms with Gasteiger partial charge < -0.3 is 15.1 Å². The minimum absolute atomic E-state index is 0. The molecule has 2 aliphatic heterocycles. The molecule has 2 atom stereocenters. The van der Waals surface area contributed by atoms with Crippen LogP contribution in [0.25, 0.3) is 0 Å². The average Bonchev–Trinajstić information content (AvgIpc) is 2.68. The van der Waals surface area contributed by atoms with Gasteiger partial charge in [0.15, 0.2) is 0 Å². The van der Waals surface area contributed by atoms with Gasteiger partial charge in [0.05, 0.1) is 12.0 Å². The number of nitrogens with zero attached hydrogens (tertiary/aromatic N) is 2. The lowest BCUT2D eigenvalue weighted by molar-refractivity contribution is -0.143. The molecule has 150 valence electrons. The van der Waals surface area contributed by atoms with E-state index in [2.05, 4.69) is 5.32 Å². The van der Waals surface area contributed by atoms with E-state index in [4.69, 9.17) is 0 Å². The van der Waals surface area contributed by atoms with Crippen molar-refractivity contribution in [1.29, 1.82) is 0 Å². The minimum Gasteiger partial charge on any atom is -0.342 e. The van der Waals surface area contributed by atoms with Crippen molar-refractivity contribution in [2.75, 3.05) is 32.7 Å². The second kappa shape index (κ2) is 10.0. The molecule has 0 aromatic heterocycles. The van der Waals surface area contributed by atoms with Crippen LogP contribution in [-0.2, 0) is 9.59 Å². The predicted molar refractivity (Wildman–Crippen MR) is 105 cm³/mol. The molecule has 1 aromatic carbocycles. The lowest BCUT2D eigenvalue weighted by atomic mass is 9.93. The molecule has 7 heteroatoms. The highest BCUT2D eigenvalue weighted by Crippen LogP contribution is 2.27. The number of hydrogen-bond acceptors (Lipinski definition) is 3. The number of carbonyl (C=O) groups excluding carboxylic acids is 2. The zero-order valence-electron chi connectivity index (χ0n) is 15.8. The molecule has 1 N–H and O–H groups in total. The average molecular weight is 398 g/mol. The molecular formula is C20H29ClFN3O2. The Balaban J connectivity index is 0.00000261. The third kappa shape index (κ3) is 5.20. The van der Waals surface area contributed by atoms with Crippen molar-refractivity contribution in [2.45, 2.75) is 38.6 Å². The first-order valence-corrected chi connectivity index (χ1v) is 9.64. The number of likely N-dealkylation sites (tertiary alicyclic amines) is 1. The summed E-state index contributed by atoms with van der Waals surface area (Å²) in [5, 5.41) is 3.30. The Hall–Kier alpha value is -1.66. The van der Waals surface area contributed by atoms with Crippen molar-refractivity contribution in [2.24, 2.45) is 5.92 Å². The first-order valence-electron chi connectivity index (χ1n) is 9.64. The molecule has 27 heavy (non-hydrogen) atoms. The minimum atomic E-state index is -0.283. The molecule has 5 nitrogen and oxygen atoms in total. The normalized spacial score (nSPS) is 22.9. The number of carbonyl (C=O) groups is 2. The number of benzene rings is 1. The van der Waals surface area contributed by atoms with Crippen molar-refractivity contribution in [3.63, 3.8) is 0 Å². The first-order chi connectivity index (χ1) is 12.6. The SMILES string of the molecule is CCCC(=O)N1CCCC(C(=O)N2CCNCC2c2cccc(F)c2)C1.Cl. The summed E-state index contributed by atoms with van der Waals surface area (Å²) in [6.07, 6.45) is 3.05. The van der Waals surface area contributed by atoms with Crippen LogP contribution in [-0.4, -0.2) is 54.3 Å². The summed E-state index contributed by atoms with van der Waals surface area (Å²) in [7, 11) is 0. The van der Waals surface area contributed by atoms with Gasteiger partial charge in [-0.15, -0.1) is 12.4 Å². The molecule has 2 saturated heterocycles. The fourth-order valence-electron chi connectivity index (χ4n) is 3.99. The maximum atomic E-state index is 13.6. The lowest BCUT2D eigenvalue weighted by Crippen LogP contribution is -2.53. The number of piperidine rings is 1. The van der Waals surface area contributed by atoms with Gasteiger partial charge in [0, 0.05) is 39.1 Å². The molecule has 0 bridgehead atoms. The van der Waals surface area contributed by atoms with Crippen LogP contribution in [0.5, 0.6) is 0 Å². The summed E-state index contributed by atoms with van der Waals surface area (Å²) < 4.78 is 13.6. The maximum absolute atomic E-state index is 13.6. The summed E-state index contributed by atoms with van der Waals surface area (Å²) in [4.78, 5) is 29.2. The molecular weight excluding hydrogens is 369 g/mol. The Morgan fingerprint density at radius 3 is 2.85 bits per heavy atom. The highest BCUT2D eigenvalue weighted by Gasteiger charge is 2.35. The second-order valence-corrected chi connectivity index (χ2v) is 7.24.